The zero-order valence-corrected chi connectivity index (χ0v) is 10.1. The predicted octanol–water partition coefficient (Wildman–Crippen LogP) is 3.11. The van der Waals surface area contributed by atoms with Crippen LogP contribution in [0.1, 0.15) is 12.5 Å². The summed E-state index contributed by atoms with van der Waals surface area (Å²) in [6.07, 6.45) is 2.04. The summed E-state index contributed by atoms with van der Waals surface area (Å²) >= 11 is 5.19. The van der Waals surface area contributed by atoms with Gasteiger partial charge in [-0.25, -0.2) is 0 Å². The van der Waals surface area contributed by atoms with Crippen LogP contribution in [0, 0.1) is 5.92 Å². The molecule has 1 rings (SSSR count). The summed E-state index contributed by atoms with van der Waals surface area (Å²) in [5.41, 5.74) is 1.09. The minimum absolute atomic E-state index is 0.116. The molecule has 0 aliphatic carbocycles. The molecule has 0 unspecified atom stereocenters. The monoisotopic (exact) mass is 259 g/mol. The van der Waals surface area contributed by atoms with Crippen LogP contribution in [0.25, 0.3) is 0 Å². The van der Waals surface area contributed by atoms with Crippen molar-refractivity contribution in [1.29, 1.82) is 0 Å². The molecule has 0 aromatic heterocycles. The van der Waals surface area contributed by atoms with Crippen LogP contribution in [0.2, 0.25) is 0 Å². The van der Waals surface area contributed by atoms with E-state index in [9.17, 15) is 0 Å². The molecule has 0 spiro atoms. The van der Waals surface area contributed by atoms with Crippen molar-refractivity contribution in [2.24, 2.45) is 0 Å². The van der Waals surface area contributed by atoms with Gasteiger partial charge in [-0.2, -0.15) is 0 Å². The number of aliphatic hydroxyl groups excluding tert-OH is 1. The number of aliphatic hydroxyl groups is 1. The SMILES string of the molecule is CSc1ccc([C](C)CO)cc1Br. The van der Waals surface area contributed by atoms with Gasteiger partial charge >= 0.3 is 0 Å². The molecule has 0 aliphatic rings. The number of rotatable bonds is 3. The van der Waals surface area contributed by atoms with Gasteiger partial charge in [-0.1, -0.05) is 13.0 Å². The van der Waals surface area contributed by atoms with Gasteiger partial charge in [0.2, 0.25) is 0 Å². The quantitative estimate of drug-likeness (QED) is 0.843. The van der Waals surface area contributed by atoms with E-state index < -0.39 is 0 Å². The number of halogens is 1. The molecule has 0 atom stereocenters. The first kappa shape index (κ1) is 11.1. The van der Waals surface area contributed by atoms with Crippen molar-refractivity contribution in [2.45, 2.75) is 11.8 Å². The molecule has 0 saturated carbocycles. The smallest absolute Gasteiger partial charge is 0.0534 e. The molecule has 71 valence electrons. The molecule has 1 nitrogen and oxygen atoms in total. The molecule has 0 bridgehead atoms. The molecule has 3 heteroatoms. The molecule has 1 radical (unpaired) electrons. The number of hydrogen-bond donors (Lipinski definition) is 1. The fourth-order valence-electron chi connectivity index (χ4n) is 1.02. The summed E-state index contributed by atoms with van der Waals surface area (Å²) in [7, 11) is 0. The van der Waals surface area contributed by atoms with Crippen molar-refractivity contribution in [2.75, 3.05) is 12.9 Å². The predicted molar refractivity (Wildman–Crippen MR) is 61.0 cm³/mol. The Labute approximate surface area is 91.7 Å². The molecule has 1 aromatic carbocycles. The Bertz CT molecular complexity index is 288. The van der Waals surface area contributed by atoms with Gasteiger partial charge < -0.3 is 5.11 Å². The van der Waals surface area contributed by atoms with Crippen molar-refractivity contribution in [1.82, 2.24) is 0 Å². The molecule has 0 aliphatic heterocycles. The molecule has 1 aromatic rings. The lowest BCUT2D eigenvalue weighted by atomic mass is 10.0. The Balaban J connectivity index is 2.95. The van der Waals surface area contributed by atoms with Gasteiger partial charge in [-0.15, -0.1) is 11.8 Å². The standard InChI is InChI=1S/C10H12BrOS/c1-7(6-12)8-3-4-10(13-2)9(11)5-8/h3-5,12H,6H2,1-2H3. The number of benzene rings is 1. The maximum absolute atomic E-state index is 8.95. The highest BCUT2D eigenvalue weighted by atomic mass is 79.9. The van der Waals surface area contributed by atoms with Gasteiger partial charge in [0, 0.05) is 15.3 Å². The fourth-order valence-corrected chi connectivity index (χ4v) is 2.35. The van der Waals surface area contributed by atoms with Gasteiger partial charge in [-0.05, 0) is 39.9 Å². The van der Waals surface area contributed by atoms with E-state index in [4.69, 9.17) is 5.11 Å². The third-order valence-corrected chi connectivity index (χ3v) is 3.60. The van der Waals surface area contributed by atoms with Crippen LogP contribution >= 0.6 is 27.7 Å². The van der Waals surface area contributed by atoms with Crippen LogP contribution in [0.3, 0.4) is 0 Å². The van der Waals surface area contributed by atoms with Crippen LogP contribution < -0.4 is 0 Å². The van der Waals surface area contributed by atoms with E-state index >= 15 is 0 Å². The van der Waals surface area contributed by atoms with Crippen molar-refractivity contribution >= 4 is 27.7 Å². The van der Waals surface area contributed by atoms with E-state index in [1.165, 1.54) is 4.90 Å². The van der Waals surface area contributed by atoms with Gasteiger partial charge in [0.05, 0.1) is 6.61 Å². The second-order valence-corrected chi connectivity index (χ2v) is 4.49. The summed E-state index contributed by atoms with van der Waals surface area (Å²) in [4.78, 5) is 1.22. The average Bonchev–Trinajstić information content (AvgIpc) is 2.16. The van der Waals surface area contributed by atoms with Crippen molar-refractivity contribution < 1.29 is 5.11 Å². The molecule has 0 amide bonds. The first-order valence-corrected chi connectivity index (χ1v) is 5.98. The normalized spacial score (nSPS) is 10.8. The zero-order chi connectivity index (χ0) is 9.84. The number of hydrogen-bond acceptors (Lipinski definition) is 2. The van der Waals surface area contributed by atoms with E-state index in [0.717, 1.165) is 16.0 Å². The second kappa shape index (κ2) is 5.03. The lowest BCUT2D eigenvalue weighted by Crippen LogP contribution is -1.99. The molecule has 0 saturated heterocycles. The molecular weight excluding hydrogens is 248 g/mol. The molecular formula is C10H12BrOS. The lowest BCUT2D eigenvalue weighted by molar-refractivity contribution is 0.315. The van der Waals surface area contributed by atoms with Crippen LogP contribution in [0.15, 0.2) is 27.6 Å². The topological polar surface area (TPSA) is 20.2 Å². The van der Waals surface area contributed by atoms with E-state index in [2.05, 4.69) is 22.0 Å². The lowest BCUT2D eigenvalue weighted by Gasteiger charge is -2.09. The minimum atomic E-state index is 0.116. The Morgan fingerprint density at radius 1 is 1.54 bits per heavy atom. The van der Waals surface area contributed by atoms with Crippen LogP contribution in [-0.4, -0.2) is 18.0 Å². The van der Waals surface area contributed by atoms with E-state index in [1.807, 2.05) is 25.3 Å². The summed E-state index contributed by atoms with van der Waals surface area (Å²) in [6, 6.07) is 6.13. The van der Waals surface area contributed by atoms with Gasteiger partial charge in [0.15, 0.2) is 0 Å². The van der Waals surface area contributed by atoms with Crippen molar-refractivity contribution in [3.63, 3.8) is 0 Å². The van der Waals surface area contributed by atoms with Gasteiger partial charge in [0.25, 0.3) is 0 Å². The Kier molecular flexibility index (Phi) is 4.29. The third-order valence-electron chi connectivity index (χ3n) is 1.88. The highest BCUT2D eigenvalue weighted by Gasteiger charge is 2.06. The molecule has 13 heavy (non-hydrogen) atoms. The summed E-state index contributed by atoms with van der Waals surface area (Å²) in [5, 5.41) is 8.95. The maximum atomic E-state index is 8.95. The van der Waals surface area contributed by atoms with Gasteiger partial charge in [0.1, 0.15) is 0 Å². The van der Waals surface area contributed by atoms with Crippen LogP contribution in [-0.2, 0) is 0 Å². The van der Waals surface area contributed by atoms with E-state index in [-0.39, 0.29) is 6.61 Å². The van der Waals surface area contributed by atoms with Crippen molar-refractivity contribution in [3.05, 3.63) is 34.2 Å². The average molecular weight is 260 g/mol. The maximum Gasteiger partial charge on any atom is 0.0534 e. The Morgan fingerprint density at radius 3 is 2.69 bits per heavy atom. The van der Waals surface area contributed by atoms with E-state index in [0.29, 0.717) is 0 Å². The Hall–Kier alpha value is 0.01000. The van der Waals surface area contributed by atoms with Gasteiger partial charge in [-0.3, -0.25) is 0 Å². The summed E-state index contributed by atoms with van der Waals surface area (Å²) < 4.78 is 1.09. The fraction of sp³-hybridized carbons (Fsp3) is 0.300. The van der Waals surface area contributed by atoms with Crippen LogP contribution in [0.4, 0.5) is 0 Å². The zero-order valence-electron chi connectivity index (χ0n) is 7.67. The summed E-state index contributed by atoms with van der Waals surface area (Å²) in [5.74, 6) is 0.994. The minimum Gasteiger partial charge on any atom is -0.395 e. The molecule has 0 heterocycles. The second-order valence-electron chi connectivity index (χ2n) is 2.79. The number of thioether (sulfide) groups is 1. The summed E-state index contributed by atoms with van der Waals surface area (Å²) in [6.45, 7) is 2.05. The first-order valence-electron chi connectivity index (χ1n) is 3.96. The highest BCUT2D eigenvalue weighted by Crippen LogP contribution is 2.28. The first-order chi connectivity index (χ1) is 6.19. The van der Waals surface area contributed by atoms with Crippen LogP contribution in [0.5, 0.6) is 0 Å². The largest absolute Gasteiger partial charge is 0.395 e. The Morgan fingerprint density at radius 2 is 2.23 bits per heavy atom. The van der Waals surface area contributed by atoms with E-state index in [1.54, 1.807) is 11.8 Å². The molecule has 0 fully saturated rings. The van der Waals surface area contributed by atoms with Crippen molar-refractivity contribution in [3.8, 4) is 0 Å². The molecule has 1 N–H and O–H groups in total. The highest BCUT2D eigenvalue weighted by molar-refractivity contribution is 9.10. The third kappa shape index (κ3) is 2.73.